The van der Waals surface area contributed by atoms with Crippen LogP contribution in [-0.4, -0.2) is 19.6 Å². The van der Waals surface area contributed by atoms with Gasteiger partial charge in [0.05, 0.1) is 0 Å². The van der Waals surface area contributed by atoms with Crippen LogP contribution in [0.1, 0.15) is 39.0 Å². The summed E-state index contributed by atoms with van der Waals surface area (Å²) in [5.74, 6) is 1.76. The minimum absolute atomic E-state index is 0.677. The van der Waals surface area contributed by atoms with Crippen LogP contribution in [0, 0.1) is 11.8 Å². The van der Waals surface area contributed by atoms with E-state index < -0.39 is 0 Å². The average molecular weight is 184 g/mol. The molecule has 0 aromatic rings. The molecule has 1 fully saturated rings. The van der Waals surface area contributed by atoms with E-state index in [2.05, 4.69) is 12.2 Å². The van der Waals surface area contributed by atoms with E-state index in [0.29, 0.717) is 5.92 Å². The molecule has 0 radical (unpaired) electrons. The fourth-order valence-electron chi connectivity index (χ4n) is 1.51. The smallest absolute Gasteiger partial charge is 0.00459 e. The summed E-state index contributed by atoms with van der Waals surface area (Å²) in [7, 11) is 0. The Morgan fingerprint density at radius 1 is 1.38 bits per heavy atom. The molecule has 0 saturated heterocycles. The van der Waals surface area contributed by atoms with Crippen LogP contribution in [0.3, 0.4) is 0 Å². The van der Waals surface area contributed by atoms with Gasteiger partial charge in [-0.15, -0.1) is 0 Å². The van der Waals surface area contributed by atoms with Crippen LogP contribution in [0.15, 0.2) is 0 Å². The van der Waals surface area contributed by atoms with Crippen LogP contribution in [0.2, 0.25) is 0 Å². The Hall–Kier alpha value is -0.0800. The molecule has 1 atom stereocenters. The van der Waals surface area contributed by atoms with Gasteiger partial charge in [0.15, 0.2) is 0 Å². The lowest BCUT2D eigenvalue weighted by molar-refractivity contribution is 0.499. The van der Waals surface area contributed by atoms with E-state index in [1.165, 1.54) is 38.6 Å². The highest BCUT2D eigenvalue weighted by Crippen LogP contribution is 2.33. The number of hydrogen-bond acceptors (Lipinski definition) is 2. The van der Waals surface area contributed by atoms with Crippen molar-refractivity contribution in [2.45, 2.75) is 39.0 Å². The summed E-state index contributed by atoms with van der Waals surface area (Å²) in [5.41, 5.74) is 5.53. The fourth-order valence-corrected chi connectivity index (χ4v) is 1.51. The van der Waals surface area contributed by atoms with Crippen LogP contribution < -0.4 is 11.1 Å². The Kier molecular flexibility index (Phi) is 5.40. The zero-order chi connectivity index (χ0) is 9.52. The third-order valence-electron chi connectivity index (χ3n) is 2.88. The highest BCUT2D eigenvalue weighted by Gasteiger charge is 2.19. The number of nitrogens with two attached hydrogens (primary N) is 1. The molecule has 2 nitrogen and oxygen atoms in total. The summed E-state index contributed by atoms with van der Waals surface area (Å²) in [6.45, 7) is 5.38. The summed E-state index contributed by atoms with van der Waals surface area (Å²) in [6, 6.07) is 0. The molecule has 0 amide bonds. The predicted molar refractivity (Wildman–Crippen MR) is 57.7 cm³/mol. The molecule has 0 bridgehead atoms. The fraction of sp³-hybridized carbons (Fsp3) is 1.00. The van der Waals surface area contributed by atoms with Gasteiger partial charge in [0.1, 0.15) is 0 Å². The molecule has 3 N–H and O–H groups in total. The van der Waals surface area contributed by atoms with Crippen LogP contribution in [0.4, 0.5) is 0 Å². The van der Waals surface area contributed by atoms with Crippen molar-refractivity contribution < 1.29 is 0 Å². The van der Waals surface area contributed by atoms with E-state index in [0.717, 1.165) is 19.0 Å². The van der Waals surface area contributed by atoms with Gasteiger partial charge in [-0.3, -0.25) is 0 Å². The highest BCUT2D eigenvalue weighted by molar-refractivity contribution is 4.72. The molecule has 0 heterocycles. The Balaban J connectivity index is 1.72. The Bertz CT molecular complexity index is 121. The van der Waals surface area contributed by atoms with Gasteiger partial charge in [0, 0.05) is 0 Å². The normalized spacial score (nSPS) is 18.9. The first kappa shape index (κ1) is 11.0. The number of hydrogen-bond donors (Lipinski definition) is 2. The van der Waals surface area contributed by atoms with Gasteiger partial charge in [-0.2, -0.15) is 0 Å². The number of rotatable bonds is 8. The van der Waals surface area contributed by atoms with Crippen LogP contribution >= 0.6 is 0 Å². The van der Waals surface area contributed by atoms with Crippen molar-refractivity contribution in [3.05, 3.63) is 0 Å². The maximum atomic E-state index is 5.53. The maximum Gasteiger partial charge on any atom is -0.00459 e. The summed E-state index contributed by atoms with van der Waals surface area (Å²) >= 11 is 0. The average Bonchev–Trinajstić information content (AvgIpc) is 2.94. The predicted octanol–water partition coefficient (Wildman–Crippen LogP) is 1.75. The minimum Gasteiger partial charge on any atom is -0.330 e. The van der Waals surface area contributed by atoms with E-state index in [-0.39, 0.29) is 0 Å². The molecular formula is C11H24N2. The monoisotopic (exact) mass is 184 g/mol. The molecule has 0 spiro atoms. The molecule has 1 saturated carbocycles. The molecule has 1 unspecified atom stereocenters. The van der Waals surface area contributed by atoms with Crippen LogP contribution in [-0.2, 0) is 0 Å². The summed E-state index contributed by atoms with van der Waals surface area (Å²) in [6.07, 6.45) is 7.01. The van der Waals surface area contributed by atoms with Crippen molar-refractivity contribution in [2.75, 3.05) is 19.6 Å². The molecule has 0 aromatic heterocycles. The zero-order valence-electron chi connectivity index (χ0n) is 8.89. The maximum absolute atomic E-state index is 5.53. The first-order valence-corrected chi connectivity index (χ1v) is 5.73. The SMILES string of the molecule is CC(CN)CCNCCCC1CC1. The molecule has 1 aliphatic rings. The van der Waals surface area contributed by atoms with Gasteiger partial charge in [-0.05, 0) is 50.7 Å². The minimum atomic E-state index is 0.677. The zero-order valence-corrected chi connectivity index (χ0v) is 8.89. The third kappa shape index (κ3) is 6.05. The molecule has 0 aliphatic heterocycles. The van der Waals surface area contributed by atoms with Crippen LogP contribution in [0.5, 0.6) is 0 Å². The molecule has 13 heavy (non-hydrogen) atoms. The van der Waals surface area contributed by atoms with Gasteiger partial charge in [0.25, 0.3) is 0 Å². The quantitative estimate of drug-likeness (QED) is 0.564. The molecule has 2 heteroatoms. The van der Waals surface area contributed by atoms with Gasteiger partial charge in [-0.25, -0.2) is 0 Å². The molecule has 1 aliphatic carbocycles. The second kappa shape index (κ2) is 6.39. The lowest BCUT2D eigenvalue weighted by atomic mass is 10.1. The van der Waals surface area contributed by atoms with Crippen molar-refractivity contribution in [3.63, 3.8) is 0 Å². The lowest BCUT2D eigenvalue weighted by Crippen LogP contribution is -2.21. The van der Waals surface area contributed by atoms with Crippen molar-refractivity contribution in [3.8, 4) is 0 Å². The van der Waals surface area contributed by atoms with Gasteiger partial charge in [-0.1, -0.05) is 19.8 Å². The summed E-state index contributed by atoms with van der Waals surface area (Å²) in [5, 5.41) is 3.48. The van der Waals surface area contributed by atoms with E-state index in [1.807, 2.05) is 0 Å². The lowest BCUT2D eigenvalue weighted by Gasteiger charge is -2.08. The Morgan fingerprint density at radius 3 is 2.77 bits per heavy atom. The first-order valence-electron chi connectivity index (χ1n) is 5.73. The molecule has 1 rings (SSSR count). The largest absolute Gasteiger partial charge is 0.330 e. The van der Waals surface area contributed by atoms with Gasteiger partial charge < -0.3 is 11.1 Å². The van der Waals surface area contributed by atoms with E-state index >= 15 is 0 Å². The van der Waals surface area contributed by atoms with E-state index in [1.54, 1.807) is 0 Å². The Labute approximate surface area is 82.3 Å². The van der Waals surface area contributed by atoms with Gasteiger partial charge >= 0.3 is 0 Å². The molecular weight excluding hydrogens is 160 g/mol. The third-order valence-corrected chi connectivity index (χ3v) is 2.88. The van der Waals surface area contributed by atoms with Crippen molar-refractivity contribution in [1.82, 2.24) is 5.32 Å². The second-order valence-corrected chi connectivity index (χ2v) is 4.47. The van der Waals surface area contributed by atoms with Crippen molar-refractivity contribution in [2.24, 2.45) is 17.6 Å². The van der Waals surface area contributed by atoms with Crippen molar-refractivity contribution in [1.29, 1.82) is 0 Å². The van der Waals surface area contributed by atoms with E-state index in [4.69, 9.17) is 5.73 Å². The van der Waals surface area contributed by atoms with Gasteiger partial charge in [0.2, 0.25) is 0 Å². The molecule has 78 valence electrons. The second-order valence-electron chi connectivity index (χ2n) is 4.47. The van der Waals surface area contributed by atoms with Crippen molar-refractivity contribution >= 4 is 0 Å². The number of nitrogens with one attached hydrogen (secondary N) is 1. The molecule has 0 aromatic carbocycles. The highest BCUT2D eigenvalue weighted by atomic mass is 14.8. The topological polar surface area (TPSA) is 38.0 Å². The summed E-state index contributed by atoms with van der Waals surface area (Å²) in [4.78, 5) is 0. The summed E-state index contributed by atoms with van der Waals surface area (Å²) < 4.78 is 0. The Morgan fingerprint density at radius 2 is 2.15 bits per heavy atom. The van der Waals surface area contributed by atoms with E-state index in [9.17, 15) is 0 Å². The first-order chi connectivity index (χ1) is 6.33. The standard InChI is InChI=1S/C11H24N2/c1-10(9-12)6-8-13-7-2-3-11-4-5-11/h10-11,13H,2-9,12H2,1H3. The van der Waals surface area contributed by atoms with Crippen LogP contribution in [0.25, 0.3) is 0 Å².